The van der Waals surface area contributed by atoms with E-state index in [1.807, 2.05) is 57.2 Å². The van der Waals surface area contributed by atoms with E-state index < -0.39 is 55.7 Å². The third-order valence-electron chi connectivity index (χ3n) is 12.2. The molecule has 5 amide bonds. The minimum Gasteiger partial charge on any atom is -0.483 e. The van der Waals surface area contributed by atoms with Gasteiger partial charge in [-0.3, -0.25) is 19.1 Å². The number of para-hydroxylation sites is 1. The van der Waals surface area contributed by atoms with Gasteiger partial charge in [0.15, 0.2) is 0 Å². The van der Waals surface area contributed by atoms with Crippen LogP contribution in [0.2, 0.25) is 0 Å². The van der Waals surface area contributed by atoms with Crippen molar-refractivity contribution >= 4 is 44.7 Å². The highest BCUT2D eigenvalue weighted by Crippen LogP contribution is 2.49. The zero-order valence-electron chi connectivity index (χ0n) is 31.2. The Labute approximate surface area is 311 Å². The van der Waals surface area contributed by atoms with Gasteiger partial charge in [0.05, 0.1) is 22.5 Å². The maximum absolute atomic E-state index is 14.7. The quantitative estimate of drug-likeness (QED) is 0.373. The van der Waals surface area contributed by atoms with Gasteiger partial charge in [-0.1, -0.05) is 43.2 Å². The molecule has 2 aromatic rings. The number of hydrogen-bond acceptors (Lipinski definition) is 8. The Balaban J connectivity index is 1.24. The fourth-order valence-corrected chi connectivity index (χ4v) is 9.71. The molecular formula is C39H52N6O7S. The second-order valence-electron chi connectivity index (χ2n) is 15.9. The smallest absolute Gasteiger partial charge is 0.318 e. The molecule has 7 rings (SSSR count). The molecule has 0 unspecified atom stereocenters. The Morgan fingerprint density at radius 1 is 1.08 bits per heavy atom. The minimum absolute atomic E-state index is 0.0997. The molecule has 0 bridgehead atoms. The number of nitrogens with zero attached hydrogens (tertiary/aromatic N) is 3. The Hall–Kier alpha value is -4.20. The van der Waals surface area contributed by atoms with Crippen LogP contribution in [0.4, 0.5) is 4.79 Å². The molecule has 3 N–H and O–H groups in total. The number of pyridine rings is 1. The van der Waals surface area contributed by atoms with E-state index in [-0.39, 0.29) is 31.3 Å². The van der Waals surface area contributed by atoms with Crippen molar-refractivity contribution in [2.45, 2.75) is 126 Å². The molecule has 286 valence electrons. The number of benzene rings is 1. The summed E-state index contributed by atoms with van der Waals surface area (Å²) in [5, 5.41) is 6.95. The van der Waals surface area contributed by atoms with Crippen molar-refractivity contribution in [3.8, 4) is 5.75 Å². The Morgan fingerprint density at radius 2 is 1.83 bits per heavy atom. The molecule has 0 radical (unpaired) electrons. The first-order chi connectivity index (χ1) is 25.3. The predicted molar refractivity (Wildman–Crippen MR) is 199 cm³/mol. The summed E-state index contributed by atoms with van der Waals surface area (Å²) in [6.07, 6.45) is 9.83. The van der Waals surface area contributed by atoms with Gasteiger partial charge < -0.3 is 25.2 Å². The molecule has 14 heteroatoms. The number of ether oxygens (including phenoxy) is 1. The number of hydrogen-bond donors (Lipinski definition) is 3. The average Bonchev–Trinajstić information content (AvgIpc) is 4.02. The minimum atomic E-state index is -3.97. The van der Waals surface area contributed by atoms with Crippen LogP contribution in [0.25, 0.3) is 10.9 Å². The number of aromatic nitrogens is 1. The highest BCUT2D eigenvalue weighted by Gasteiger charge is 2.64. The number of carbonyl (C=O) groups excluding carboxylic acids is 4. The lowest BCUT2D eigenvalue weighted by Gasteiger charge is -2.37. The molecule has 53 heavy (non-hydrogen) atoms. The van der Waals surface area contributed by atoms with E-state index in [0.29, 0.717) is 57.4 Å². The first kappa shape index (κ1) is 37.1. The summed E-state index contributed by atoms with van der Waals surface area (Å²) in [4.78, 5) is 64.6. The van der Waals surface area contributed by atoms with Crippen LogP contribution in [-0.4, -0.2) is 94.6 Å². The van der Waals surface area contributed by atoms with Crippen molar-refractivity contribution in [2.75, 3.05) is 19.6 Å². The van der Waals surface area contributed by atoms with Gasteiger partial charge in [0.2, 0.25) is 21.8 Å². The van der Waals surface area contributed by atoms with Gasteiger partial charge >= 0.3 is 6.03 Å². The molecule has 5 aliphatic rings. The fourth-order valence-electron chi connectivity index (χ4n) is 8.39. The van der Waals surface area contributed by atoms with E-state index in [1.54, 1.807) is 11.8 Å². The molecule has 1 spiro atoms. The van der Waals surface area contributed by atoms with Gasteiger partial charge in [-0.15, -0.1) is 0 Å². The molecule has 1 aromatic heterocycles. The zero-order chi connectivity index (χ0) is 37.8. The van der Waals surface area contributed by atoms with Crippen molar-refractivity contribution < 1.29 is 32.3 Å². The van der Waals surface area contributed by atoms with Crippen LogP contribution >= 0.6 is 0 Å². The number of rotatable bonds is 6. The summed E-state index contributed by atoms with van der Waals surface area (Å²) in [6, 6.07) is 5.64. The fraction of sp³-hybridized carbons (Fsp3) is 0.615. The third-order valence-corrected chi connectivity index (χ3v) is 14.4. The number of nitrogens with one attached hydrogen (secondary N) is 3. The van der Waals surface area contributed by atoms with Crippen LogP contribution in [0, 0.1) is 12.8 Å². The summed E-state index contributed by atoms with van der Waals surface area (Å²) in [7, 11) is -3.97. The Bertz CT molecular complexity index is 1960. The molecule has 3 fully saturated rings. The first-order valence-corrected chi connectivity index (χ1v) is 20.7. The number of allylic oxidation sites excluding steroid dienone is 1. The van der Waals surface area contributed by atoms with E-state index >= 15 is 0 Å². The average molecular weight is 749 g/mol. The van der Waals surface area contributed by atoms with Crippen molar-refractivity contribution in [1.29, 1.82) is 0 Å². The molecule has 1 aromatic carbocycles. The van der Waals surface area contributed by atoms with Gasteiger partial charge in [-0.25, -0.2) is 18.2 Å². The molecular weight excluding hydrogens is 697 g/mol. The monoisotopic (exact) mass is 748 g/mol. The van der Waals surface area contributed by atoms with Crippen LogP contribution in [0.3, 0.4) is 0 Å². The van der Waals surface area contributed by atoms with Crippen LogP contribution in [0.15, 0.2) is 36.4 Å². The summed E-state index contributed by atoms with van der Waals surface area (Å²) in [6.45, 7) is 8.32. The van der Waals surface area contributed by atoms with Gasteiger partial charge in [0.1, 0.15) is 29.0 Å². The lowest BCUT2D eigenvalue weighted by atomic mass is 9.87. The second kappa shape index (κ2) is 13.9. The van der Waals surface area contributed by atoms with Gasteiger partial charge in [0.25, 0.3) is 5.91 Å². The summed E-state index contributed by atoms with van der Waals surface area (Å²) >= 11 is 0. The number of aryl methyl sites for hydroxylation is 2. The lowest BCUT2D eigenvalue weighted by Crippen LogP contribution is -2.59. The van der Waals surface area contributed by atoms with Crippen LogP contribution in [-0.2, 0) is 30.8 Å². The second-order valence-corrected chi connectivity index (χ2v) is 18.1. The maximum atomic E-state index is 14.7. The molecule has 1 saturated heterocycles. The van der Waals surface area contributed by atoms with Crippen LogP contribution in [0.5, 0.6) is 5.75 Å². The summed E-state index contributed by atoms with van der Waals surface area (Å²) < 4.78 is 34.5. The van der Waals surface area contributed by atoms with E-state index in [4.69, 9.17) is 9.72 Å². The maximum Gasteiger partial charge on any atom is 0.318 e. The third kappa shape index (κ3) is 6.87. The van der Waals surface area contributed by atoms with Crippen molar-refractivity contribution in [3.05, 3.63) is 47.7 Å². The normalized spacial score (nSPS) is 30.0. The SMILES string of the molecule is CCN(CC)C(=O)N[C@H]1CCCCC/C=C\[C@@H]2C[C@@]2(C(=O)NS(=O)(=O)C2(C)CC2)NC(=O)[C@@H]2C[C@]3(CCc4c(c(C)nc5ccccc45)O3)CN2C1=O. The highest BCUT2D eigenvalue weighted by molar-refractivity contribution is 7.91. The zero-order valence-corrected chi connectivity index (χ0v) is 32.0. The molecule has 2 aliphatic carbocycles. The van der Waals surface area contributed by atoms with Crippen molar-refractivity contribution in [2.24, 2.45) is 5.92 Å². The Morgan fingerprint density at radius 3 is 2.57 bits per heavy atom. The van der Waals surface area contributed by atoms with Crippen molar-refractivity contribution in [3.63, 3.8) is 0 Å². The molecule has 13 nitrogen and oxygen atoms in total. The largest absolute Gasteiger partial charge is 0.483 e. The summed E-state index contributed by atoms with van der Waals surface area (Å²) in [5.74, 6) is -1.45. The van der Waals surface area contributed by atoms with Crippen molar-refractivity contribution in [1.82, 2.24) is 30.1 Å². The number of amides is 5. The molecule has 5 atom stereocenters. The van der Waals surface area contributed by atoms with Gasteiger partial charge in [-0.2, -0.15) is 0 Å². The van der Waals surface area contributed by atoms with Gasteiger partial charge in [-0.05, 0) is 85.1 Å². The number of sulfonamides is 1. The van der Waals surface area contributed by atoms with E-state index in [1.165, 1.54) is 4.90 Å². The molecule has 2 saturated carbocycles. The van der Waals surface area contributed by atoms with E-state index in [0.717, 1.165) is 41.4 Å². The Kier molecular flexibility index (Phi) is 9.73. The molecule has 3 aliphatic heterocycles. The number of fused-ring (bicyclic) bond motifs is 5. The standard InChI is InChI=1S/C39H52N6O7S/c1-5-44(6-2)36(49)41-30-17-11-9-7-8-10-14-26-22-39(26,35(48)43-53(50,51)37(4)20-21-37)42-33(46)31-23-38(24-45(31)34(30)47)19-18-28-27-15-12-13-16-29(27)40-25(3)32(28)52-38/h10,12-16,26,30-31H,5-9,11,17-24H2,1-4H3,(H,41,49)(H,42,46)(H,43,48)/b14-10-/t26-,30+,31+,38-,39-/m1/s1. The summed E-state index contributed by atoms with van der Waals surface area (Å²) in [5.41, 5.74) is 0.221. The topological polar surface area (TPSA) is 167 Å². The van der Waals surface area contributed by atoms with Crippen LogP contribution in [0.1, 0.15) is 96.2 Å². The first-order valence-electron chi connectivity index (χ1n) is 19.2. The predicted octanol–water partition coefficient (Wildman–Crippen LogP) is 4.02. The molecule has 4 heterocycles. The highest BCUT2D eigenvalue weighted by atomic mass is 32.2. The van der Waals surface area contributed by atoms with E-state index in [9.17, 15) is 27.6 Å². The van der Waals surface area contributed by atoms with Gasteiger partial charge in [0, 0.05) is 36.4 Å². The van der Waals surface area contributed by atoms with Crippen LogP contribution < -0.4 is 20.1 Å². The number of urea groups is 1. The number of carbonyl (C=O) groups is 4. The lowest BCUT2D eigenvalue weighted by molar-refractivity contribution is -0.141. The van der Waals surface area contributed by atoms with E-state index in [2.05, 4.69) is 15.4 Å².